The van der Waals surface area contributed by atoms with Gasteiger partial charge in [-0.1, -0.05) is 39.0 Å². The molecular formula is C15H22F3N. The Labute approximate surface area is 113 Å². The summed E-state index contributed by atoms with van der Waals surface area (Å²) in [6.45, 7) is 7.81. The van der Waals surface area contributed by atoms with Crippen molar-refractivity contribution < 1.29 is 13.2 Å². The van der Waals surface area contributed by atoms with Crippen LogP contribution >= 0.6 is 0 Å². The van der Waals surface area contributed by atoms with Crippen LogP contribution in [0.3, 0.4) is 0 Å². The second-order valence-electron chi connectivity index (χ2n) is 5.46. The quantitative estimate of drug-likeness (QED) is 0.759. The van der Waals surface area contributed by atoms with Crippen molar-refractivity contribution >= 4 is 0 Å². The number of halogens is 3. The highest BCUT2D eigenvalue weighted by Gasteiger charge is 2.32. The van der Waals surface area contributed by atoms with Gasteiger partial charge in [-0.05, 0) is 43.0 Å². The molecule has 1 N–H and O–H groups in total. The summed E-state index contributed by atoms with van der Waals surface area (Å²) in [4.78, 5) is 0. The van der Waals surface area contributed by atoms with Gasteiger partial charge >= 0.3 is 6.18 Å². The van der Waals surface area contributed by atoms with Crippen molar-refractivity contribution in [2.75, 3.05) is 13.1 Å². The van der Waals surface area contributed by atoms with E-state index < -0.39 is 11.7 Å². The van der Waals surface area contributed by atoms with Crippen LogP contribution in [0.1, 0.15) is 44.7 Å². The van der Waals surface area contributed by atoms with E-state index in [9.17, 15) is 13.2 Å². The molecule has 0 aromatic heterocycles. The van der Waals surface area contributed by atoms with E-state index in [4.69, 9.17) is 0 Å². The van der Waals surface area contributed by atoms with E-state index >= 15 is 0 Å². The Balaban J connectivity index is 2.77. The first kappa shape index (κ1) is 16.0. The fourth-order valence-electron chi connectivity index (χ4n) is 1.96. The van der Waals surface area contributed by atoms with E-state index in [1.54, 1.807) is 6.07 Å². The smallest absolute Gasteiger partial charge is 0.317 e. The Bertz CT molecular complexity index is 397. The van der Waals surface area contributed by atoms with Crippen LogP contribution in [-0.2, 0) is 11.6 Å². The molecule has 0 heterocycles. The Morgan fingerprint density at radius 1 is 1.05 bits per heavy atom. The summed E-state index contributed by atoms with van der Waals surface area (Å²) >= 11 is 0. The molecule has 0 unspecified atom stereocenters. The van der Waals surface area contributed by atoms with Gasteiger partial charge in [0, 0.05) is 0 Å². The number of benzene rings is 1. The van der Waals surface area contributed by atoms with Crippen LogP contribution in [0.5, 0.6) is 0 Å². The molecule has 0 radical (unpaired) electrons. The molecule has 0 atom stereocenters. The average Bonchev–Trinajstić information content (AvgIpc) is 2.34. The molecule has 0 aliphatic heterocycles. The Morgan fingerprint density at radius 2 is 1.68 bits per heavy atom. The molecular weight excluding hydrogens is 251 g/mol. The fourth-order valence-corrected chi connectivity index (χ4v) is 1.96. The first-order valence-electron chi connectivity index (χ1n) is 6.66. The molecule has 108 valence electrons. The SMILES string of the molecule is CCCNCCC(C)(C)c1cccc(C(F)(F)F)c1. The van der Waals surface area contributed by atoms with Crippen LogP contribution in [-0.4, -0.2) is 13.1 Å². The number of hydrogen-bond donors (Lipinski definition) is 1. The topological polar surface area (TPSA) is 12.0 Å². The largest absolute Gasteiger partial charge is 0.416 e. The molecule has 0 fully saturated rings. The average molecular weight is 273 g/mol. The lowest BCUT2D eigenvalue weighted by atomic mass is 9.81. The number of nitrogens with one attached hydrogen (secondary N) is 1. The van der Waals surface area contributed by atoms with Crippen molar-refractivity contribution in [1.82, 2.24) is 5.32 Å². The zero-order valence-electron chi connectivity index (χ0n) is 11.8. The van der Waals surface area contributed by atoms with Crippen LogP contribution in [0.4, 0.5) is 13.2 Å². The summed E-state index contributed by atoms with van der Waals surface area (Å²) in [5.41, 5.74) is -0.0950. The molecule has 0 spiro atoms. The van der Waals surface area contributed by atoms with Gasteiger partial charge in [-0.15, -0.1) is 0 Å². The summed E-state index contributed by atoms with van der Waals surface area (Å²) in [5.74, 6) is 0. The van der Waals surface area contributed by atoms with E-state index in [2.05, 4.69) is 12.2 Å². The number of alkyl halides is 3. The molecule has 0 aliphatic carbocycles. The zero-order valence-corrected chi connectivity index (χ0v) is 11.8. The maximum Gasteiger partial charge on any atom is 0.416 e. The lowest BCUT2D eigenvalue weighted by Gasteiger charge is -2.26. The van der Waals surface area contributed by atoms with Gasteiger partial charge in [0.25, 0.3) is 0 Å². The Morgan fingerprint density at radius 3 is 2.26 bits per heavy atom. The maximum absolute atomic E-state index is 12.7. The second-order valence-corrected chi connectivity index (χ2v) is 5.46. The monoisotopic (exact) mass is 273 g/mol. The molecule has 1 aromatic carbocycles. The van der Waals surface area contributed by atoms with E-state index in [1.165, 1.54) is 12.1 Å². The lowest BCUT2D eigenvalue weighted by Crippen LogP contribution is -2.26. The Hall–Kier alpha value is -1.03. The Kier molecular flexibility index (Phi) is 5.41. The minimum absolute atomic E-state index is 0.262. The maximum atomic E-state index is 12.7. The van der Waals surface area contributed by atoms with Gasteiger partial charge < -0.3 is 5.32 Å². The minimum Gasteiger partial charge on any atom is -0.317 e. The molecule has 0 saturated carbocycles. The van der Waals surface area contributed by atoms with Gasteiger partial charge in [0.2, 0.25) is 0 Å². The van der Waals surface area contributed by atoms with Gasteiger partial charge in [0.15, 0.2) is 0 Å². The third-order valence-electron chi connectivity index (χ3n) is 3.32. The third kappa shape index (κ3) is 4.86. The summed E-state index contributed by atoms with van der Waals surface area (Å²) in [6, 6.07) is 5.64. The molecule has 1 nitrogen and oxygen atoms in total. The van der Waals surface area contributed by atoms with Crippen LogP contribution in [0.25, 0.3) is 0 Å². The van der Waals surface area contributed by atoms with Crippen LogP contribution in [0, 0.1) is 0 Å². The predicted octanol–water partition coefficient (Wildman–Crippen LogP) is 4.37. The molecule has 19 heavy (non-hydrogen) atoms. The fraction of sp³-hybridized carbons (Fsp3) is 0.600. The minimum atomic E-state index is -4.27. The van der Waals surface area contributed by atoms with Crippen molar-refractivity contribution in [3.05, 3.63) is 35.4 Å². The zero-order chi connectivity index (χ0) is 14.5. The second kappa shape index (κ2) is 6.42. The standard InChI is InChI=1S/C15H22F3N/c1-4-9-19-10-8-14(2,3)12-6-5-7-13(11-12)15(16,17)18/h5-7,11,19H,4,8-10H2,1-3H3. The van der Waals surface area contributed by atoms with Gasteiger partial charge in [-0.3, -0.25) is 0 Å². The molecule has 0 amide bonds. The number of hydrogen-bond acceptors (Lipinski definition) is 1. The van der Waals surface area contributed by atoms with Gasteiger partial charge in [-0.2, -0.15) is 13.2 Å². The van der Waals surface area contributed by atoms with Gasteiger partial charge in [0.05, 0.1) is 5.56 Å². The predicted molar refractivity (Wildman–Crippen MR) is 72.2 cm³/mol. The van der Waals surface area contributed by atoms with Crippen molar-refractivity contribution in [2.24, 2.45) is 0 Å². The van der Waals surface area contributed by atoms with E-state index in [0.717, 1.165) is 37.6 Å². The molecule has 0 aliphatic rings. The van der Waals surface area contributed by atoms with E-state index in [0.29, 0.717) is 0 Å². The third-order valence-corrected chi connectivity index (χ3v) is 3.32. The molecule has 4 heteroatoms. The van der Waals surface area contributed by atoms with Crippen molar-refractivity contribution in [1.29, 1.82) is 0 Å². The first-order valence-corrected chi connectivity index (χ1v) is 6.66. The summed E-state index contributed by atoms with van der Waals surface area (Å²) < 4.78 is 38.1. The number of rotatable bonds is 6. The van der Waals surface area contributed by atoms with E-state index in [-0.39, 0.29) is 5.41 Å². The normalized spacial score (nSPS) is 12.7. The van der Waals surface area contributed by atoms with Crippen LogP contribution in [0.15, 0.2) is 24.3 Å². The highest BCUT2D eigenvalue weighted by atomic mass is 19.4. The van der Waals surface area contributed by atoms with Crippen LogP contribution in [0.2, 0.25) is 0 Å². The van der Waals surface area contributed by atoms with Crippen LogP contribution < -0.4 is 5.32 Å². The highest BCUT2D eigenvalue weighted by Crippen LogP contribution is 2.33. The van der Waals surface area contributed by atoms with Crippen molar-refractivity contribution in [3.8, 4) is 0 Å². The molecule has 0 saturated heterocycles. The van der Waals surface area contributed by atoms with Gasteiger partial charge in [-0.25, -0.2) is 0 Å². The molecule has 0 bridgehead atoms. The van der Waals surface area contributed by atoms with Gasteiger partial charge in [0.1, 0.15) is 0 Å². The summed E-state index contributed by atoms with van der Waals surface area (Å²) in [5, 5.41) is 3.28. The van der Waals surface area contributed by atoms with Crippen molar-refractivity contribution in [2.45, 2.75) is 45.2 Å². The summed E-state index contributed by atoms with van der Waals surface area (Å²) in [7, 11) is 0. The lowest BCUT2D eigenvalue weighted by molar-refractivity contribution is -0.137. The van der Waals surface area contributed by atoms with E-state index in [1.807, 2.05) is 13.8 Å². The highest BCUT2D eigenvalue weighted by molar-refractivity contribution is 5.30. The molecule has 1 rings (SSSR count). The molecule has 1 aromatic rings. The van der Waals surface area contributed by atoms with Crippen molar-refractivity contribution in [3.63, 3.8) is 0 Å². The first-order chi connectivity index (χ1) is 8.77. The summed E-state index contributed by atoms with van der Waals surface area (Å²) in [6.07, 6.45) is -2.40.